The minimum atomic E-state index is -3.95. The van der Waals surface area contributed by atoms with Crippen LogP contribution in [0.5, 0.6) is 0 Å². The molecule has 0 heterocycles. The van der Waals surface area contributed by atoms with E-state index in [4.69, 9.17) is 5.73 Å². The van der Waals surface area contributed by atoms with E-state index in [1.54, 1.807) is 0 Å². The van der Waals surface area contributed by atoms with Crippen LogP contribution < -0.4 is 5.73 Å². The van der Waals surface area contributed by atoms with Crippen LogP contribution in [0.1, 0.15) is 13.8 Å². The lowest BCUT2D eigenvalue weighted by Gasteiger charge is -2.38. The van der Waals surface area contributed by atoms with Crippen molar-refractivity contribution in [3.8, 4) is 0 Å². The summed E-state index contributed by atoms with van der Waals surface area (Å²) in [6.07, 6.45) is 3.20. The van der Waals surface area contributed by atoms with Crippen molar-refractivity contribution >= 4 is 19.7 Å². The molecular weight excluding hydrogens is 356 g/mol. The zero-order valence-corrected chi connectivity index (χ0v) is 15.1. The third-order valence-corrected chi connectivity index (χ3v) is 7.72. The molecule has 1 atom stereocenters. The molecule has 0 bridgehead atoms. The summed E-state index contributed by atoms with van der Waals surface area (Å²) in [7, 11) is -7.91. The van der Waals surface area contributed by atoms with Gasteiger partial charge in [0.05, 0.1) is 31.7 Å². The molecule has 0 aliphatic heterocycles. The molecule has 0 spiro atoms. The van der Waals surface area contributed by atoms with Crippen LogP contribution in [0, 0.1) is 15.5 Å². The van der Waals surface area contributed by atoms with E-state index in [1.165, 1.54) is 19.9 Å². The number of hydrogen-bond donors (Lipinski definition) is 1. The molecule has 134 valence electrons. The summed E-state index contributed by atoms with van der Waals surface area (Å²) in [6.45, 7) is 9.73. The van der Waals surface area contributed by atoms with Crippen LogP contribution in [0.15, 0.2) is 46.9 Å². The zero-order valence-electron chi connectivity index (χ0n) is 13.4. The van der Waals surface area contributed by atoms with Gasteiger partial charge >= 0.3 is 0 Å². The highest BCUT2D eigenvalue weighted by Gasteiger charge is 2.50. The second kappa shape index (κ2) is 6.61. The van der Waals surface area contributed by atoms with Gasteiger partial charge in [0.25, 0.3) is 5.70 Å². The first-order valence-corrected chi connectivity index (χ1v) is 10.3. The Hall–Kier alpha value is -1.78. The van der Waals surface area contributed by atoms with Crippen LogP contribution in [0.3, 0.4) is 0 Å². The summed E-state index contributed by atoms with van der Waals surface area (Å²) < 4.78 is 49.3. The van der Waals surface area contributed by atoms with Gasteiger partial charge in [-0.2, -0.15) is 0 Å². The smallest absolute Gasteiger partial charge is 0.266 e. The fraction of sp³-hybridized carbons (Fsp3) is 0.429. The Kier molecular flexibility index (Phi) is 5.58. The standard InChI is InChI=1S/C14H20N2O6S2/c1-5-23(19,20)10(3)14(11(4)24(21,22)6-2)9-12(16(17)18)7-8-13(14)15/h7-9,13H,3-6,15H2,1-2H3. The predicted molar refractivity (Wildman–Crippen MR) is 91.8 cm³/mol. The largest absolute Gasteiger partial charge is 0.323 e. The van der Waals surface area contributed by atoms with Crippen molar-refractivity contribution in [2.24, 2.45) is 11.1 Å². The molecule has 24 heavy (non-hydrogen) atoms. The van der Waals surface area contributed by atoms with Gasteiger partial charge in [-0.1, -0.05) is 33.1 Å². The van der Waals surface area contributed by atoms with E-state index in [0.717, 1.165) is 12.2 Å². The highest BCUT2D eigenvalue weighted by molar-refractivity contribution is 7.96. The number of nitrogens with zero attached hydrogens (tertiary/aromatic N) is 1. The van der Waals surface area contributed by atoms with E-state index >= 15 is 0 Å². The molecule has 0 radical (unpaired) electrons. The Morgan fingerprint density at radius 1 is 1.21 bits per heavy atom. The lowest BCUT2D eigenvalue weighted by molar-refractivity contribution is -0.420. The molecule has 0 saturated heterocycles. The third-order valence-electron chi connectivity index (χ3n) is 4.02. The van der Waals surface area contributed by atoms with Crippen molar-refractivity contribution in [2.45, 2.75) is 19.9 Å². The zero-order chi connectivity index (χ0) is 18.9. The molecule has 0 aromatic carbocycles. The Bertz CT molecular complexity index is 804. The summed E-state index contributed by atoms with van der Waals surface area (Å²) >= 11 is 0. The maximum absolute atomic E-state index is 12.3. The van der Waals surface area contributed by atoms with E-state index in [9.17, 15) is 26.9 Å². The van der Waals surface area contributed by atoms with Gasteiger partial charge in [-0.05, 0) is 0 Å². The molecule has 0 saturated carbocycles. The first kappa shape index (κ1) is 20.3. The average Bonchev–Trinajstić information content (AvgIpc) is 2.53. The van der Waals surface area contributed by atoms with Gasteiger partial charge in [0.15, 0.2) is 19.7 Å². The van der Waals surface area contributed by atoms with Gasteiger partial charge in [-0.3, -0.25) is 10.1 Å². The molecule has 0 aromatic heterocycles. The van der Waals surface area contributed by atoms with E-state index in [1.807, 2.05) is 0 Å². The lowest BCUT2D eigenvalue weighted by Crippen LogP contribution is -2.47. The Morgan fingerprint density at radius 3 is 1.96 bits per heavy atom. The van der Waals surface area contributed by atoms with Gasteiger partial charge in [0.1, 0.15) is 0 Å². The summed E-state index contributed by atoms with van der Waals surface area (Å²) in [4.78, 5) is 9.33. The molecular formula is C14H20N2O6S2. The number of allylic oxidation sites excluding steroid dienone is 1. The summed E-state index contributed by atoms with van der Waals surface area (Å²) in [5, 5.41) is 11.1. The molecule has 1 unspecified atom stereocenters. The molecule has 0 aromatic rings. The summed E-state index contributed by atoms with van der Waals surface area (Å²) in [5.74, 6) is -0.712. The predicted octanol–water partition coefficient (Wildman–Crippen LogP) is 0.927. The molecule has 1 aliphatic carbocycles. The Morgan fingerprint density at radius 2 is 1.62 bits per heavy atom. The van der Waals surface area contributed by atoms with Gasteiger partial charge in [0.2, 0.25) is 0 Å². The summed E-state index contributed by atoms with van der Waals surface area (Å²) in [5.41, 5.74) is 3.50. The minimum absolute atomic E-state index is 0.356. The number of nitro groups is 1. The van der Waals surface area contributed by atoms with Gasteiger partial charge in [-0.15, -0.1) is 0 Å². The van der Waals surface area contributed by atoms with Crippen molar-refractivity contribution in [3.05, 3.63) is 57.0 Å². The van der Waals surface area contributed by atoms with Crippen molar-refractivity contribution < 1.29 is 21.8 Å². The fourth-order valence-electron chi connectivity index (χ4n) is 2.40. The van der Waals surface area contributed by atoms with E-state index < -0.39 is 51.6 Å². The van der Waals surface area contributed by atoms with Gasteiger partial charge < -0.3 is 5.73 Å². The van der Waals surface area contributed by atoms with Crippen LogP contribution >= 0.6 is 0 Å². The van der Waals surface area contributed by atoms with Crippen LogP contribution in [0.25, 0.3) is 0 Å². The summed E-state index contributed by atoms with van der Waals surface area (Å²) in [6, 6.07) is -1.18. The van der Waals surface area contributed by atoms with Crippen LogP contribution in [0.4, 0.5) is 0 Å². The molecule has 0 amide bonds. The highest BCUT2D eigenvalue weighted by Crippen LogP contribution is 2.46. The first-order chi connectivity index (χ1) is 10.9. The molecule has 0 fully saturated rings. The van der Waals surface area contributed by atoms with Crippen molar-refractivity contribution in [1.29, 1.82) is 0 Å². The normalized spacial score (nSPS) is 20.3. The Balaban J connectivity index is 3.85. The van der Waals surface area contributed by atoms with Crippen molar-refractivity contribution in [2.75, 3.05) is 11.5 Å². The highest BCUT2D eigenvalue weighted by atomic mass is 32.2. The quantitative estimate of drug-likeness (QED) is 0.515. The molecule has 8 nitrogen and oxygen atoms in total. The Labute approximate surface area is 141 Å². The average molecular weight is 376 g/mol. The van der Waals surface area contributed by atoms with E-state index in [-0.39, 0.29) is 11.5 Å². The molecule has 1 aliphatic rings. The second-order valence-electron chi connectivity index (χ2n) is 5.23. The van der Waals surface area contributed by atoms with Crippen molar-refractivity contribution in [3.63, 3.8) is 0 Å². The number of rotatable bonds is 7. The molecule has 1 rings (SSSR count). The third kappa shape index (κ3) is 3.21. The van der Waals surface area contributed by atoms with Gasteiger partial charge in [-0.25, -0.2) is 16.8 Å². The van der Waals surface area contributed by atoms with E-state index in [0.29, 0.717) is 0 Å². The second-order valence-corrected chi connectivity index (χ2v) is 9.83. The van der Waals surface area contributed by atoms with Crippen LogP contribution in [0.2, 0.25) is 0 Å². The first-order valence-electron chi connectivity index (χ1n) is 7.02. The molecule has 10 heteroatoms. The monoisotopic (exact) mass is 376 g/mol. The van der Waals surface area contributed by atoms with Crippen LogP contribution in [-0.2, 0) is 19.7 Å². The van der Waals surface area contributed by atoms with Crippen molar-refractivity contribution in [1.82, 2.24) is 0 Å². The lowest BCUT2D eigenvalue weighted by atomic mass is 9.76. The number of nitrogens with two attached hydrogens (primary N) is 1. The molecule has 2 N–H and O–H groups in total. The van der Waals surface area contributed by atoms with Crippen LogP contribution in [-0.4, -0.2) is 39.3 Å². The SMILES string of the molecule is C=C(C1(C(=C)S(=O)(=O)CC)C=C([N+](=O)[O-])C=CC1N)S(=O)(=O)CC. The van der Waals surface area contributed by atoms with E-state index in [2.05, 4.69) is 13.2 Å². The number of hydrogen-bond acceptors (Lipinski definition) is 7. The maximum atomic E-state index is 12.3. The maximum Gasteiger partial charge on any atom is 0.266 e. The minimum Gasteiger partial charge on any atom is -0.323 e. The fourth-order valence-corrected chi connectivity index (χ4v) is 4.82. The number of sulfone groups is 2. The topological polar surface area (TPSA) is 137 Å². The van der Waals surface area contributed by atoms with Gasteiger partial charge in [0, 0.05) is 18.2 Å².